The average Bonchev–Trinajstić information content (AvgIpc) is 3.49. The molecule has 5 aromatic rings. The third-order valence-electron chi connectivity index (χ3n) is 6.01. The normalized spacial score (nSPS) is 11.9. The van der Waals surface area contributed by atoms with Crippen LogP contribution >= 0.6 is 0 Å². The van der Waals surface area contributed by atoms with E-state index >= 15 is 0 Å². The molecule has 0 saturated carbocycles. The molecule has 2 N–H and O–H groups in total. The lowest BCUT2D eigenvalue weighted by Crippen LogP contribution is -2.34. The lowest BCUT2D eigenvalue weighted by molar-refractivity contribution is -0.121. The quantitative estimate of drug-likeness (QED) is 0.344. The minimum Gasteiger partial charge on any atom is -0.497 e. The van der Waals surface area contributed by atoms with Gasteiger partial charge in [0.15, 0.2) is 0 Å². The van der Waals surface area contributed by atoms with Gasteiger partial charge in [-0.15, -0.1) is 5.10 Å². The predicted molar refractivity (Wildman–Crippen MR) is 132 cm³/mol. The molecule has 0 aliphatic carbocycles. The Morgan fingerprint density at radius 2 is 1.86 bits per heavy atom. The smallest absolute Gasteiger partial charge is 0.437 e. The van der Waals surface area contributed by atoms with Crippen LogP contribution < -0.4 is 15.8 Å². The molecular formula is C27H23FN4O4. The van der Waals surface area contributed by atoms with Crippen molar-refractivity contribution in [1.29, 1.82) is 0 Å². The molecule has 0 saturated heterocycles. The summed E-state index contributed by atoms with van der Waals surface area (Å²) in [6.07, 6.45) is 1.95. The van der Waals surface area contributed by atoms with E-state index in [0.29, 0.717) is 12.1 Å². The second kappa shape index (κ2) is 9.91. The summed E-state index contributed by atoms with van der Waals surface area (Å²) < 4.78 is 24.6. The zero-order chi connectivity index (χ0) is 25.1. The van der Waals surface area contributed by atoms with Crippen LogP contribution in [0.2, 0.25) is 0 Å². The van der Waals surface area contributed by atoms with Crippen LogP contribution in [0.15, 0.2) is 88.2 Å². The summed E-state index contributed by atoms with van der Waals surface area (Å²) in [5, 5.41) is 8.06. The third kappa shape index (κ3) is 4.76. The Morgan fingerprint density at radius 1 is 1.11 bits per heavy atom. The van der Waals surface area contributed by atoms with Crippen LogP contribution in [0.4, 0.5) is 4.39 Å². The molecule has 8 nitrogen and oxygen atoms in total. The van der Waals surface area contributed by atoms with Crippen molar-refractivity contribution in [1.82, 2.24) is 20.1 Å². The highest BCUT2D eigenvalue weighted by Crippen LogP contribution is 2.31. The number of carbonyl (C=O) groups excluding carboxylic acids is 1. The monoisotopic (exact) mass is 486 g/mol. The minimum atomic E-state index is -0.771. The molecular weight excluding hydrogens is 463 g/mol. The number of carbonyl (C=O) groups is 1. The van der Waals surface area contributed by atoms with Crippen molar-refractivity contribution in [3.05, 3.63) is 106 Å². The van der Waals surface area contributed by atoms with Crippen LogP contribution in [-0.4, -0.2) is 34.3 Å². The summed E-state index contributed by atoms with van der Waals surface area (Å²) in [7, 11) is 1.61. The van der Waals surface area contributed by atoms with Crippen LogP contribution in [0, 0.1) is 5.82 Å². The molecule has 5 rings (SSSR count). The lowest BCUT2D eigenvalue weighted by atomic mass is 9.91. The van der Waals surface area contributed by atoms with Gasteiger partial charge in [0.1, 0.15) is 18.1 Å². The van der Waals surface area contributed by atoms with E-state index in [-0.39, 0.29) is 18.4 Å². The van der Waals surface area contributed by atoms with Gasteiger partial charge in [0.05, 0.1) is 7.11 Å². The van der Waals surface area contributed by atoms with Crippen molar-refractivity contribution >= 4 is 16.8 Å². The van der Waals surface area contributed by atoms with E-state index in [4.69, 9.17) is 9.15 Å². The summed E-state index contributed by atoms with van der Waals surface area (Å²) in [5.41, 5.74) is 3.47. The number of aromatic nitrogens is 3. The lowest BCUT2D eigenvalue weighted by Gasteiger charge is -2.18. The summed E-state index contributed by atoms with van der Waals surface area (Å²) >= 11 is 0. The first-order valence-electron chi connectivity index (χ1n) is 11.3. The van der Waals surface area contributed by atoms with E-state index in [9.17, 15) is 14.0 Å². The number of hydrogen-bond donors (Lipinski definition) is 2. The molecule has 0 bridgehead atoms. The highest BCUT2D eigenvalue weighted by atomic mass is 19.1. The van der Waals surface area contributed by atoms with Gasteiger partial charge in [-0.2, -0.15) is 4.68 Å². The van der Waals surface area contributed by atoms with Gasteiger partial charge in [-0.1, -0.05) is 30.3 Å². The fourth-order valence-corrected chi connectivity index (χ4v) is 4.15. The highest BCUT2D eigenvalue weighted by molar-refractivity contribution is 5.84. The van der Waals surface area contributed by atoms with Crippen LogP contribution in [0.3, 0.4) is 0 Å². The number of fused-ring (bicyclic) bond motifs is 1. The van der Waals surface area contributed by atoms with Gasteiger partial charge in [-0.25, -0.2) is 9.18 Å². The second-order valence-electron chi connectivity index (χ2n) is 8.26. The fraction of sp³-hybridized carbons (Fsp3) is 0.148. The van der Waals surface area contributed by atoms with E-state index in [1.807, 2.05) is 54.7 Å². The molecule has 36 heavy (non-hydrogen) atoms. The first-order chi connectivity index (χ1) is 17.5. The topological polar surface area (TPSA) is 102 Å². The summed E-state index contributed by atoms with van der Waals surface area (Å²) in [4.78, 5) is 28.3. The van der Waals surface area contributed by atoms with Crippen LogP contribution in [0.25, 0.3) is 22.4 Å². The van der Waals surface area contributed by atoms with Crippen molar-refractivity contribution in [3.8, 4) is 17.2 Å². The van der Waals surface area contributed by atoms with E-state index in [0.717, 1.165) is 32.5 Å². The molecule has 2 heterocycles. The fourth-order valence-electron chi connectivity index (χ4n) is 4.15. The molecule has 2 aromatic heterocycles. The summed E-state index contributed by atoms with van der Waals surface area (Å²) in [6.45, 7) is -0.0167. The van der Waals surface area contributed by atoms with Gasteiger partial charge in [0.2, 0.25) is 11.8 Å². The molecule has 0 radical (unpaired) electrons. The number of amides is 1. The third-order valence-corrected chi connectivity index (χ3v) is 6.01. The van der Waals surface area contributed by atoms with Gasteiger partial charge in [-0.3, -0.25) is 4.79 Å². The molecule has 0 fully saturated rings. The second-order valence-corrected chi connectivity index (χ2v) is 8.26. The number of halogens is 1. The van der Waals surface area contributed by atoms with Gasteiger partial charge >= 0.3 is 5.76 Å². The summed E-state index contributed by atoms with van der Waals surface area (Å²) in [6, 6.07) is 21.0. The standard InChI is InChI=1S/C27H23FN4O4/c1-35-20-12-8-17(9-13-20)22(23-15-29-24-5-3-2-4-21(23)24)14-30-25(33)16-32-27(34)36-26(31-32)18-6-10-19(28)11-7-18/h2-13,15,22,29H,14,16H2,1H3,(H,30,33). The SMILES string of the molecule is COc1ccc(C(CNC(=O)Cn2nc(-c3ccc(F)cc3)oc2=O)c2c[nH]c3ccccc23)cc1. The number of benzene rings is 3. The van der Waals surface area contributed by atoms with Crippen molar-refractivity contribution in [2.75, 3.05) is 13.7 Å². The number of H-pyrrole nitrogens is 1. The number of hydrogen-bond acceptors (Lipinski definition) is 5. The Labute approximate surface area is 205 Å². The molecule has 0 aliphatic rings. The van der Waals surface area contributed by atoms with Crippen LogP contribution in [0.1, 0.15) is 17.0 Å². The van der Waals surface area contributed by atoms with Gasteiger partial charge in [-0.05, 0) is 53.6 Å². The molecule has 0 spiro atoms. The van der Waals surface area contributed by atoms with Gasteiger partial charge < -0.3 is 19.5 Å². The van der Waals surface area contributed by atoms with Crippen molar-refractivity contribution in [2.24, 2.45) is 0 Å². The highest BCUT2D eigenvalue weighted by Gasteiger charge is 2.20. The Bertz CT molecular complexity index is 1550. The van der Waals surface area contributed by atoms with E-state index in [1.54, 1.807) is 7.11 Å². The largest absolute Gasteiger partial charge is 0.497 e. The first-order valence-corrected chi connectivity index (χ1v) is 11.3. The van der Waals surface area contributed by atoms with Crippen molar-refractivity contribution in [2.45, 2.75) is 12.5 Å². The number of ether oxygens (including phenoxy) is 1. The zero-order valence-electron chi connectivity index (χ0n) is 19.4. The maximum atomic E-state index is 13.2. The molecule has 1 amide bonds. The van der Waals surface area contributed by atoms with Gasteiger partial charge in [0.25, 0.3) is 0 Å². The molecule has 182 valence electrons. The molecule has 1 unspecified atom stereocenters. The molecule has 3 aromatic carbocycles. The Morgan fingerprint density at radius 3 is 2.61 bits per heavy atom. The summed E-state index contributed by atoms with van der Waals surface area (Å²) in [5.74, 6) is -0.978. The number of rotatable bonds is 8. The number of aromatic amines is 1. The predicted octanol–water partition coefficient (Wildman–Crippen LogP) is 4.08. The molecule has 1 atom stereocenters. The Kier molecular flexibility index (Phi) is 6.36. The van der Waals surface area contributed by atoms with E-state index in [1.165, 1.54) is 24.3 Å². The molecule has 0 aliphatic heterocycles. The Balaban J connectivity index is 1.35. The van der Waals surface area contributed by atoms with Crippen molar-refractivity contribution in [3.63, 3.8) is 0 Å². The Hall–Kier alpha value is -4.66. The van der Waals surface area contributed by atoms with Gasteiger partial charge in [0, 0.05) is 35.1 Å². The maximum absolute atomic E-state index is 13.2. The minimum absolute atomic E-state index is 0.0164. The molecule has 9 heteroatoms. The van der Waals surface area contributed by atoms with E-state index in [2.05, 4.69) is 15.4 Å². The number of nitrogens with zero attached hydrogens (tertiary/aromatic N) is 2. The zero-order valence-corrected chi connectivity index (χ0v) is 19.4. The van der Waals surface area contributed by atoms with E-state index < -0.39 is 17.5 Å². The van der Waals surface area contributed by atoms with Crippen LogP contribution in [0.5, 0.6) is 5.75 Å². The first kappa shape index (κ1) is 23.1. The number of methoxy groups -OCH3 is 1. The van der Waals surface area contributed by atoms with Crippen LogP contribution in [-0.2, 0) is 11.3 Å². The number of nitrogens with one attached hydrogen (secondary N) is 2. The average molecular weight is 487 g/mol. The maximum Gasteiger partial charge on any atom is 0.437 e. The number of para-hydroxylation sites is 1. The van der Waals surface area contributed by atoms with Crippen molar-refractivity contribution < 1.29 is 18.3 Å².